The fraction of sp³-hybridized carbons (Fsp3) is 0.250. The molecule has 0 bridgehead atoms. The predicted octanol–water partition coefficient (Wildman–Crippen LogP) is 2.89. The molecule has 2 rings (SSSR count). The summed E-state index contributed by atoms with van der Waals surface area (Å²) in [6, 6.07) is 12.1. The van der Waals surface area contributed by atoms with Gasteiger partial charge in [0.2, 0.25) is 5.91 Å². The highest BCUT2D eigenvalue weighted by molar-refractivity contribution is 5.93. The second-order valence-electron chi connectivity index (χ2n) is 6.14. The molecular weight excluding hydrogens is 394 g/mol. The number of nitrogens with zero attached hydrogens (tertiary/aromatic N) is 1. The van der Waals surface area contributed by atoms with E-state index >= 15 is 0 Å². The average Bonchev–Trinajstić information content (AvgIpc) is 2.73. The number of rotatable bonds is 10. The van der Waals surface area contributed by atoms with Crippen LogP contribution in [0, 0.1) is 10.1 Å². The van der Waals surface area contributed by atoms with E-state index < -0.39 is 23.4 Å². The smallest absolute Gasteiger partial charge is 0.306 e. The van der Waals surface area contributed by atoms with Crippen LogP contribution >= 0.6 is 0 Å². The number of nitrogens with one attached hydrogen (secondary N) is 2. The molecule has 30 heavy (non-hydrogen) atoms. The molecule has 2 aromatic rings. The third kappa shape index (κ3) is 7.58. The summed E-state index contributed by atoms with van der Waals surface area (Å²) in [5, 5.41) is 15.8. The first kappa shape index (κ1) is 22.3. The summed E-state index contributed by atoms with van der Waals surface area (Å²) in [5.74, 6) is -0.765. The second-order valence-corrected chi connectivity index (χ2v) is 6.14. The fourth-order valence-electron chi connectivity index (χ4n) is 2.37. The Bertz CT molecular complexity index is 896. The summed E-state index contributed by atoms with van der Waals surface area (Å²) in [6.45, 7) is -0.431. The molecule has 0 saturated carbocycles. The third-order valence-corrected chi connectivity index (χ3v) is 3.88. The zero-order valence-electron chi connectivity index (χ0n) is 16.3. The van der Waals surface area contributed by atoms with E-state index in [1.165, 1.54) is 31.4 Å². The van der Waals surface area contributed by atoms with Crippen molar-refractivity contribution in [1.82, 2.24) is 0 Å². The van der Waals surface area contributed by atoms with Crippen molar-refractivity contribution >= 4 is 34.8 Å². The van der Waals surface area contributed by atoms with Crippen molar-refractivity contribution in [2.24, 2.45) is 0 Å². The lowest BCUT2D eigenvalue weighted by atomic mass is 10.2. The van der Waals surface area contributed by atoms with E-state index in [4.69, 9.17) is 9.47 Å². The lowest BCUT2D eigenvalue weighted by Crippen LogP contribution is -2.21. The maximum atomic E-state index is 11.9. The number of hydrogen-bond acceptors (Lipinski definition) is 7. The normalized spacial score (nSPS) is 10.0. The lowest BCUT2D eigenvalue weighted by Gasteiger charge is -2.08. The minimum Gasteiger partial charge on any atom is -0.497 e. The number of anilines is 2. The zero-order chi connectivity index (χ0) is 21.9. The Labute approximate surface area is 172 Å². The molecule has 0 heterocycles. The Balaban J connectivity index is 1.63. The van der Waals surface area contributed by atoms with Crippen LogP contribution in [0.4, 0.5) is 17.1 Å². The molecule has 0 radical (unpaired) electrons. The summed E-state index contributed by atoms with van der Waals surface area (Å²) in [5.41, 5.74) is 0.884. The van der Waals surface area contributed by atoms with Crippen molar-refractivity contribution in [3.8, 4) is 5.75 Å². The van der Waals surface area contributed by atoms with Gasteiger partial charge in [0, 0.05) is 36.3 Å². The van der Waals surface area contributed by atoms with Crippen LogP contribution < -0.4 is 15.4 Å². The van der Waals surface area contributed by atoms with Gasteiger partial charge in [-0.05, 0) is 42.8 Å². The highest BCUT2D eigenvalue weighted by Gasteiger charge is 2.10. The molecule has 2 aromatic carbocycles. The number of amides is 2. The minimum absolute atomic E-state index is 0.0243. The van der Waals surface area contributed by atoms with E-state index in [1.54, 1.807) is 24.3 Å². The summed E-state index contributed by atoms with van der Waals surface area (Å²) >= 11 is 0. The molecular formula is C20H21N3O7. The van der Waals surface area contributed by atoms with Gasteiger partial charge < -0.3 is 20.1 Å². The van der Waals surface area contributed by atoms with Crippen LogP contribution in [0.15, 0.2) is 48.5 Å². The monoisotopic (exact) mass is 415 g/mol. The van der Waals surface area contributed by atoms with Crippen molar-refractivity contribution in [2.75, 3.05) is 24.4 Å². The number of hydrogen-bond donors (Lipinski definition) is 2. The first-order valence-electron chi connectivity index (χ1n) is 9.01. The van der Waals surface area contributed by atoms with Gasteiger partial charge in [0.1, 0.15) is 5.75 Å². The Morgan fingerprint density at radius 3 is 2.03 bits per heavy atom. The van der Waals surface area contributed by atoms with Crippen LogP contribution in [-0.4, -0.2) is 36.4 Å². The molecule has 0 saturated heterocycles. The van der Waals surface area contributed by atoms with Crippen LogP contribution in [-0.2, 0) is 19.1 Å². The Hall–Kier alpha value is -3.95. The molecule has 2 N–H and O–H groups in total. The van der Waals surface area contributed by atoms with Crippen molar-refractivity contribution in [3.63, 3.8) is 0 Å². The molecule has 10 heteroatoms. The van der Waals surface area contributed by atoms with Crippen LogP contribution in [0.5, 0.6) is 5.75 Å². The number of nitro benzene ring substituents is 1. The number of carbonyl (C=O) groups excluding carboxylic acids is 3. The van der Waals surface area contributed by atoms with E-state index in [0.717, 1.165) is 0 Å². The fourth-order valence-corrected chi connectivity index (χ4v) is 2.37. The number of non-ortho nitro benzene ring substituents is 1. The summed E-state index contributed by atoms with van der Waals surface area (Å²) in [4.78, 5) is 45.4. The molecule has 0 aliphatic heterocycles. The number of esters is 1. The topological polar surface area (TPSA) is 137 Å². The van der Waals surface area contributed by atoms with E-state index in [1.807, 2.05) is 0 Å². The van der Waals surface area contributed by atoms with E-state index in [2.05, 4.69) is 10.6 Å². The molecule has 10 nitrogen and oxygen atoms in total. The molecule has 158 valence electrons. The SMILES string of the molecule is COc1ccc(NC(=O)COC(=O)CCCC(=O)Nc2ccc([N+](=O)[O-])cc2)cc1. The van der Waals surface area contributed by atoms with Crippen molar-refractivity contribution < 1.29 is 28.8 Å². The van der Waals surface area contributed by atoms with Crippen LogP contribution in [0.25, 0.3) is 0 Å². The van der Waals surface area contributed by atoms with E-state index in [9.17, 15) is 24.5 Å². The van der Waals surface area contributed by atoms with Crippen molar-refractivity contribution in [3.05, 3.63) is 58.6 Å². The predicted molar refractivity (Wildman–Crippen MR) is 108 cm³/mol. The number of benzene rings is 2. The summed E-state index contributed by atoms with van der Waals surface area (Å²) in [7, 11) is 1.53. The van der Waals surface area contributed by atoms with Gasteiger partial charge in [0.15, 0.2) is 6.61 Å². The van der Waals surface area contributed by atoms with Gasteiger partial charge in [-0.3, -0.25) is 24.5 Å². The van der Waals surface area contributed by atoms with E-state index in [0.29, 0.717) is 17.1 Å². The van der Waals surface area contributed by atoms with Gasteiger partial charge in [-0.25, -0.2) is 0 Å². The number of methoxy groups -OCH3 is 1. The molecule has 0 atom stereocenters. The number of carbonyl (C=O) groups is 3. The molecule has 0 aromatic heterocycles. The van der Waals surface area contributed by atoms with Crippen LogP contribution in [0.2, 0.25) is 0 Å². The highest BCUT2D eigenvalue weighted by atomic mass is 16.6. The standard InChI is InChI=1S/C20H21N3O7/c1-29-17-11-7-15(8-12-17)22-19(25)13-30-20(26)4-2-3-18(24)21-14-5-9-16(10-6-14)23(27)28/h5-12H,2-4,13H2,1H3,(H,21,24)(H,22,25). The zero-order valence-corrected chi connectivity index (χ0v) is 16.3. The molecule has 2 amide bonds. The van der Waals surface area contributed by atoms with Gasteiger partial charge in [-0.2, -0.15) is 0 Å². The highest BCUT2D eigenvalue weighted by Crippen LogP contribution is 2.16. The van der Waals surface area contributed by atoms with Gasteiger partial charge in [0.25, 0.3) is 11.6 Å². The average molecular weight is 415 g/mol. The molecule has 0 spiro atoms. The number of nitro groups is 1. The Morgan fingerprint density at radius 2 is 1.47 bits per heavy atom. The lowest BCUT2D eigenvalue weighted by molar-refractivity contribution is -0.384. The van der Waals surface area contributed by atoms with Crippen LogP contribution in [0.3, 0.4) is 0 Å². The molecule has 0 fully saturated rings. The van der Waals surface area contributed by atoms with Crippen molar-refractivity contribution in [1.29, 1.82) is 0 Å². The Morgan fingerprint density at radius 1 is 0.900 bits per heavy atom. The second kappa shape index (κ2) is 11.1. The molecule has 0 aliphatic rings. The Kier molecular flexibility index (Phi) is 8.30. The molecule has 0 aliphatic carbocycles. The first-order chi connectivity index (χ1) is 14.4. The van der Waals surface area contributed by atoms with Crippen LogP contribution in [0.1, 0.15) is 19.3 Å². The van der Waals surface area contributed by atoms with E-state index in [-0.39, 0.29) is 30.9 Å². The number of ether oxygens (including phenoxy) is 2. The summed E-state index contributed by atoms with van der Waals surface area (Å²) < 4.78 is 9.90. The quantitative estimate of drug-likeness (QED) is 0.346. The van der Waals surface area contributed by atoms with Gasteiger partial charge >= 0.3 is 5.97 Å². The first-order valence-corrected chi connectivity index (χ1v) is 9.01. The van der Waals surface area contributed by atoms with Gasteiger partial charge in [-0.1, -0.05) is 0 Å². The maximum Gasteiger partial charge on any atom is 0.306 e. The third-order valence-electron chi connectivity index (χ3n) is 3.88. The van der Waals surface area contributed by atoms with Crippen molar-refractivity contribution in [2.45, 2.75) is 19.3 Å². The minimum atomic E-state index is -0.594. The maximum absolute atomic E-state index is 11.9. The molecule has 0 unspecified atom stereocenters. The van der Waals surface area contributed by atoms with Gasteiger partial charge in [-0.15, -0.1) is 0 Å². The largest absolute Gasteiger partial charge is 0.497 e. The van der Waals surface area contributed by atoms with Gasteiger partial charge in [0.05, 0.1) is 12.0 Å². The summed E-state index contributed by atoms with van der Waals surface area (Å²) in [6.07, 6.45) is 0.269.